The summed E-state index contributed by atoms with van der Waals surface area (Å²) in [5.41, 5.74) is 1.07. The molecular weight excluding hydrogens is 172 g/mol. The lowest BCUT2D eigenvalue weighted by molar-refractivity contribution is 0.780. The number of unbranched alkanes of at least 4 members (excludes halogenated alkanes) is 2. The maximum Gasteiger partial charge on any atom is 0.181 e. The number of nitrogens with zero attached hydrogens (tertiary/aromatic N) is 1. The highest BCUT2D eigenvalue weighted by atomic mass is 14.9. The van der Waals surface area contributed by atoms with Crippen LogP contribution in [-0.4, -0.2) is 0 Å². The highest BCUT2D eigenvalue weighted by Crippen LogP contribution is 2.06. The maximum absolute atomic E-state index is 8.52. The molecule has 0 saturated heterocycles. The van der Waals surface area contributed by atoms with Crippen LogP contribution in [0.5, 0.6) is 0 Å². The lowest BCUT2D eigenvalue weighted by Crippen LogP contribution is -2.04. The molecule has 14 heavy (non-hydrogen) atoms. The van der Waals surface area contributed by atoms with E-state index >= 15 is 0 Å². The van der Waals surface area contributed by atoms with Gasteiger partial charge in [-0.1, -0.05) is 31.6 Å². The minimum Gasteiger partial charge on any atom is -0.297 e. The van der Waals surface area contributed by atoms with Gasteiger partial charge in [0.25, 0.3) is 0 Å². The van der Waals surface area contributed by atoms with Crippen molar-refractivity contribution in [3.8, 4) is 6.19 Å². The molecule has 0 fully saturated rings. The summed E-state index contributed by atoms with van der Waals surface area (Å²) in [6.45, 7) is 4.17. The van der Waals surface area contributed by atoms with Gasteiger partial charge in [-0.05, 0) is 32.6 Å². The van der Waals surface area contributed by atoms with Crippen LogP contribution in [0.2, 0.25) is 0 Å². The normalized spacial score (nSPS) is 11.6. The van der Waals surface area contributed by atoms with E-state index in [2.05, 4.69) is 30.5 Å². The molecule has 0 bridgehead atoms. The van der Waals surface area contributed by atoms with Gasteiger partial charge in [0.2, 0.25) is 0 Å². The zero-order valence-electron chi connectivity index (χ0n) is 9.21. The third kappa shape index (κ3) is 7.42. The number of rotatable bonds is 7. The zero-order chi connectivity index (χ0) is 10.6. The van der Waals surface area contributed by atoms with Crippen LogP contribution in [-0.2, 0) is 0 Å². The SMILES string of the molecule is C/C=C\CCCC(=CCCC)NC#N. The van der Waals surface area contributed by atoms with Gasteiger partial charge in [0.15, 0.2) is 6.19 Å². The van der Waals surface area contributed by atoms with E-state index in [0.717, 1.165) is 37.8 Å². The summed E-state index contributed by atoms with van der Waals surface area (Å²) in [5, 5.41) is 11.3. The monoisotopic (exact) mass is 192 g/mol. The number of hydrogen-bond acceptors (Lipinski definition) is 2. The van der Waals surface area contributed by atoms with Crippen LogP contribution in [0.4, 0.5) is 0 Å². The smallest absolute Gasteiger partial charge is 0.181 e. The van der Waals surface area contributed by atoms with Crippen molar-refractivity contribution in [1.82, 2.24) is 5.32 Å². The van der Waals surface area contributed by atoms with Crippen molar-refractivity contribution in [2.24, 2.45) is 0 Å². The standard InChI is InChI=1S/C12H20N2/c1-3-5-7-8-10-12(14-11-13)9-6-4-2/h3,5,9,14H,4,6-8,10H2,1-2H3/b5-3-,12-9?. The predicted octanol–water partition coefficient (Wildman–Crippen LogP) is 3.49. The Hall–Kier alpha value is -1.23. The Morgan fingerprint density at radius 3 is 2.79 bits per heavy atom. The Bertz CT molecular complexity index is 221. The molecule has 0 radical (unpaired) electrons. The topological polar surface area (TPSA) is 35.8 Å². The number of hydrogen-bond donors (Lipinski definition) is 1. The summed E-state index contributed by atoms with van der Waals surface area (Å²) in [5.74, 6) is 0. The molecule has 0 amide bonds. The number of nitrogens with one attached hydrogen (secondary N) is 1. The van der Waals surface area contributed by atoms with Gasteiger partial charge >= 0.3 is 0 Å². The molecule has 1 N–H and O–H groups in total. The molecule has 0 spiro atoms. The quantitative estimate of drug-likeness (QED) is 0.290. The Labute approximate surface area is 87.3 Å². The maximum atomic E-state index is 8.52. The first-order valence-electron chi connectivity index (χ1n) is 5.30. The van der Waals surface area contributed by atoms with Gasteiger partial charge in [-0.25, -0.2) is 0 Å². The fourth-order valence-electron chi connectivity index (χ4n) is 1.18. The van der Waals surface area contributed by atoms with Crippen LogP contribution in [0.15, 0.2) is 23.9 Å². The van der Waals surface area contributed by atoms with Gasteiger partial charge in [-0.15, -0.1) is 0 Å². The van der Waals surface area contributed by atoms with Gasteiger partial charge in [0.1, 0.15) is 0 Å². The van der Waals surface area contributed by atoms with Crippen LogP contribution in [0.3, 0.4) is 0 Å². The second-order valence-electron chi connectivity index (χ2n) is 3.22. The molecule has 0 aromatic heterocycles. The molecule has 0 aliphatic rings. The average molecular weight is 192 g/mol. The first-order valence-corrected chi connectivity index (χ1v) is 5.30. The van der Waals surface area contributed by atoms with E-state index in [1.807, 2.05) is 13.1 Å². The number of allylic oxidation sites excluding steroid dienone is 4. The third-order valence-corrected chi connectivity index (χ3v) is 1.95. The summed E-state index contributed by atoms with van der Waals surface area (Å²) < 4.78 is 0. The van der Waals surface area contributed by atoms with Crippen molar-refractivity contribution in [2.75, 3.05) is 0 Å². The largest absolute Gasteiger partial charge is 0.297 e. The lowest BCUT2D eigenvalue weighted by atomic mass is 10.1. The Balaban J connectivity index is 3.79. The molecule has 0 aliphatic carbocycles. The van der Waals surface area contributed by atoms with Crippen LogP contribution >= 0.6 is 0 Å². The molecule has 2 nitrogen and oxygen atoms in total. The molecule has 0 atom stereocenters. The van der Waals surface area contributed by atoms with E-state index in [4.69, 9.17) is 5.26 Å². The van der Waals surface area contributed by atoms with Crippen molar-refractivity contribution in [1.29, 1.82) is 5.26 Å². The van der Waals surface area contributed by atoms with E-state index in [-0.39, 0.29) is 0 Å². The first-order chi connectivity index (χ1) is 6.85. The van der Waals surface area contributed by atoms with Crippen molar-refractivity contribution >= 4 is 0 Å². The molecule has 78 valence electrons. The second kappa shape index (κ2) is 9.85. The molecule has 0 rings (SSSR count). The molecule has 0 aliphatic heterocycles. The average Bonchev–Trinajstić information content (AvgIpc) is 2.20. The minimum atomic E-state index is 0.970. The summed E-state index contributed by atoms with van der Waals surface area (Å²) in [6, 6.07) is 0. The van der Waals surface area contributed by atoms with Crippen molar-refractivity contribution in [2.45, 2.75) is 46.0 Å². The fourth-order valence-corrected chi connectivity index (χ4v) is 1.18. The Morgan fingerprint density at radius 2 is 2.21 bits per heavy atom. The summed E-state index contributed by atoms with van der Waals surface area (Å²) in [7, 11) is 0. The van der Waals surface area contributed by atoms with E-state index in [1.54, 1.807) is 0 Å². The van der Waals surface area contributed by atoms with Gasteiger partial charge in [-0.3, -0.25) is 5.32 Å². The first kappa shape index (κ1) is 12.8. The van der Waals surface area contributed by atoms with Gasteiger partial charge < -0.3 is 0 Å². The summed E-state index contributed by atoms with van der Waals surface area (Å²) in [6.07, 6.45) is 13.7. The van der Waals surface area contributed by atoms with Gasteiger partial charge in [0.05, 0.1) is 0 Å². The third-order valence-electron chi connectivity index (χ3n) is 1.95. The van der Waals surface area contributed by atoms with Gasteiger partial charge in [-0.2, -0.15) is 5.26 Å². The Kier molecular flexibility index (Phi) is 8.99. The van der Waals surface area contributed by atoms with E-state index < -0.39 is 0 Å². The molecule has 2 heteroatoms. The molecular formula is C12H20N2. The zero-order valence-corrected chi connectivity index (χ0v) is 9.21. The van der Waals surface area contributed by atoms with E-state index in [9.17, 15) is 0 Å². The Morgan fingerprint density at radius 1 is 1.43 bits per heavy atom. The molecule has 0 aromatic rings. The van der Waals surface area contributed by atoms with Crippen molar-refractivity contribution < 1.29 is 0 Å². The van der Waals surface area contributed by atoms with Crippen LogP contribution < -0.4 is 5.32 Å². The molecule has 0 heterocycles. The van der Waals surface area contributed by atoms with Crippen molar-refractivity contribution in [3.63, 3.8) is 0 Å². The van der Waals surface area contributed by atoms with E-state index in [0.29, 0.717) is 0 Å². The molecule has 0 saturated carbocycles. The fraction of sp³-hybridized carbons (Fsp3) is 0.583. The van der Waals surface area contributed by atoms with Crippen LogP contribution in [0.25, 0.3) is 0 Å². The summed E-state index contributed by atoms with van der Waals surface area (Å²) >= 11 is 0. The second-order valence-corrected chi connectivity index (χ2v) is 3.22. The molecule has 0 unspecified atom stereocenters. The van der Waals surface area contributed by atoms with Crippen LogP contribution in [0, 0.1) is 11.5 Å². The van der Waals surface area contributed by atoms with E-state index in [1.165, 1.54) is 0 Å². The summed E-state index contributed by atoms with van der Waals surface area (Å²) in [4.78, 5) is 0. The molecule has 0 aromatic carbocycles. The predicted molar refractivity (Wildman–Crippen MR) is 60.4 cm³/mol. The highest BCUT2D eigenvalue weighted by molar-refractivity contribution is 5.03. The minimum absolute atomic E-state index is 0.970. The highest BCUT2D eigenvalue weighted by Gasteiger charge is 1.94. The van der Waals surface area contributed by atoms with Crippen LogP contribution in [0.1, 0.15) is 46.0 Å². The van der Waals surface area contributed by atoms with Gasteiger partial charge in [0, 0.05) is 5.70 Å². The van der Waals surface area contributed by atoms with Crippen molar-refractivity contribution in [3.05, 3.63) is 23.9 Å². The lowest BCUT2D eigenvalue weighted by Gasteiger charge is -2.03. The number of nitriles is 1.